The molecule has 3 rings (SSSR count). The van der Waals surface area contributed by atoms with Gasteiger partial charge in [-0.15, -0.1) is 11.6 Å². The van der Waals surface area contributed by atoms with Crippen molar-refractivity contribution < 1.29 is 9.47 Å². The molecule has 1 atom stereocenters. The zero-order valence-corrected chi connectivity index (χ0v) is 12.9. The van der Waals surface area contributed by atoms with Crippen LogP contribution in [0, 0.1) is 6.92 Å². The second kappa shape index (κ2) is 5.95. The lowest BCUT2D eigenvalue weighted by atomic mass is 9.90. The third-order valence-corrected chi connectivity index (χ3v) is 4.97. The average molecular weight is 295 g/mol. The number of hydrogen-bond acceptors (Lipinski definition) is 2. The summed E-state index contributed by atoms with van der Waals surface area (Å²) in [5.74, 6) is 1.49. The second-order valence-electron chi connectivity index (χ2n) is 6.17. The molecular formula is C17H23ClO2. The Morgan fingerprint density at radius 2 is 2.15 bits per heavy atom. The molecule has 1 heterocycles. The van der Waals surface area contributed by atoms with E-state index < -0.39 is 0 Å². The Balaban J connectivity index is 1.74. The number of hydrogen-bond donors (Lipinski definition) is 0. The van der Waals surface area contributed by atoms with Gasteiger partial charge in [-0.3, -0.25) is 0 Å². The van der Waals surface area contributed by atoms with Crippen LogP contribution in [0.5, 0.6) is 5.75 Å². The van der Waals surface area contributed by atoms with Gasteiger partial charge in [0.15, 0.2) is 0 Å². The highest BCUT2D eigenvalue weighted by Crippen LogP contribution is 2.41. The van der Waals surface area contributed by atoms with Crippen LogP contribution in [0.1, 0.15) is 49.7 Å². The summed E-state index contributed by atoms with van der Waals surface area (Å²) in [5.41, 5.74) is 2.38. The molecule has 2 nitrogen and oxygen atoms in total. The average Bonchev–Trinajstić information content (AvgIpc) is 2.89. The zero-order valence-electron chi connectivity index (χ0n) is 12.2. The first-order valence-electron chi connectivity index (χ1n) is 7.67. The van der Waals surface area contributed by atoms with E-state index in [-0.39, 0.29) is 11.7 Å². The summed E-state index contributed by atoms with van der Waals surface area (Å²) < 4.78 is 12.4. The predicted octanol–water partition coefficient (Wildman–Crippen LogP) is 4.60. The smallest absolute Gasteiger partial charge is 0.127 e. The first kappa shape index (κ1) is 14.2. The Labute approximate surface area is 126 Å². The molecule has 1 unspecified atom stereocenters. The summed E-state index contributed by atoms with van der Waals surface area (Å²) in [6.45, 7) is 2.92. The quantitative estimate of drug-likeness (QED) is 0.758. The van der Waals surface area contributed by atoms with Gasteiger partial charge in [0.25, 0.3) is 0 Å². The van der Waals surface area contributed by atoms with Crippen molar-refractivity contribution in [1.29, 1.82) is 0 Å². The number of alkyl halides is 1. The SMILES string of the molecule is Cc1cccc(CCl)c1OC1CCOC2(CCCC2)C1. The monoisotopic (exact) mass is 294 g/mol. The van der Waals surface area contributed by atoms with Gasteiger partial charge < -0.3 is 9.47 Å². The molecule has 20 heavy (non-hydrogen) atoms. The summed E-state index contributed by atoms with van der Waals surface area (Å²) in [7, 11) is 0. The molecule has 0 N–H and O–H groups in total. The van der Waals surface area contributed by atoms with E-state index in [9.17, 15) is 0 Å². The topological polar surface area (TPSA) is 18.5 Å². The minimum atomic E-state index is 0.104. The van der Waals surface area contributed by atoms with Gasteiger partial charge in [0.2, 0.25) is 0 Å². The molecule has 110 valence electrons. The van der Waals surface area contributed by atoms with Gasteiger partial charge in [0.05, 0.1) is 18.1 Å². The van der Waals surface area contributed by atoms with Crippen LogP contribution < -0.4 is 4.74 Å². The molecule has 1 saturated carbocycles. The van der Waals surface area contributed by atoms with Crippen LogP contribution in [-0.4, -0.2) is 18.3 Å². The fourth-order valence-corrected chi connectivity index (χ4v) is 3.82. The molecule has 0 bridgehead atoms. The van der Waals surface area contributed by atoms with Crippen molar-refractivity contribution in [1.82, 2.24) is 0 Å². The number of para-hydroxylation sites is 1. The molecule has 1 aliphatic heterocycles. The normalized spacial score (nSPS) is 25.0. The van der Waals surface area contributed by atoms with E-state index in [2.05, 4.69) is 19.1 Å². The summed E-state index contributed by atoms with van der Waals surface area (Å²) in [5, 5.41) is 0. The lowest BCUT2D eigenvalue weighted by molar-refractivity contribution is -0.108. The van der Waals surface area contributed by atoms with E-state index in [1.165, 1.54) is 31.2 Å². The number of rotatable bonds is 3. The van der Waals surface area contributed by atoms with E-state index >= 15 is 0 Å². The Morgan fingerprint density at radius 3 is 2.90 bits per heavy atom. The van der Waals surface area contributed by atoms with Crippen LogP contribution in [0.4, 0.5) is 0 Å². The van der Waals surface area contributed by atoms with E-state index in [0.717, 1.165) is 30.8 Å². The standard InChI is InChI=1S/C17H23ClO2/c1-13-5-4-6-14(12-18)16(13)20-15-7-10-19-17(11-15)8-2-3-9-17/h4-6,15H,2-3,7-12H2,1H3. The molecule has 0 amide bonds. The van der Waals surface area contributed by atoms with Gasteiger partial charge in [-0.25, -0.2) is 0 Å². The third-order valence-electron chi connectivity index (χ3n) is 4.68. The van der Waals surface area contributed by atoms with Crippen molar-refractivity contribution in [3.63, 3.8) is 0 Å². The molecule has 0 radical (unpaired) electrons. The first-order valence-corrected chi connectivity index (χ1v) is 8.21. The molecule has 3 heteroatoms. The van der Waals surface area contributed by atoms with Crippen molar-refractivity contribution in [2.24, 2.45) is 0 Å². The highest BCUT2D eigenvalue weighted by Gasteiger charge is 2.40. The number of benzene rings is 1. The molecular weight excluding hydrogens is 272 g/mol. The molecule has 2 aliphatic rings. The molecule has 1 spiro atoms. The van der Waals surface area contributed by atoms with Crippen molar-refractivity contribution in [2.45, 2.75) is 63.0 Å². The minimum Gasteiger partial charge on any atom is -0.490 e. The van der Waals surface area contributed by atoms with Crippen LogP contribution >= 0.6 is 11.6 Å². The molecule has 1 aromatic rings. The van der Waals surface area contributed by atoms with Crippen LogP contribution in [-0.2, 0) is 10.6 Å². The van der Waals surface area contributed by atoms with Crippen molar-refractivity contribution in [3.05, 3.63) is 29.3 Å². The Bertz CT molecular complexity index is 466. The molecule has 0 aromatic heterocycles. The largest absolute Gasteiger partial charge is 0.490 e. The molecule has 1 saturated heterocycles. The Morgan fingerprint density at radius 1 is 1.35 bits per heavy atom. The summed E-state index contributed by atoms with van der Waals surface area (Å²) in [6.07, 6.45) is 7.27. The predicted molar refractivity (Wildman–Crippen MR) is 81.5 cm³/mol. The fourth-order valence-electron chi connectivity index (χ4n) is 3.60. The maximum Gasteiger partial charge on any atom is 0.127 e. The second-order valence-corrected chi connectivity index (χ2v) is 6.44. The maximum absolute atomic E-state index is 6.33. The Hall–Kier alpha value is -0.730. The van der Waals surface area contributed by atoms with E-state index in [0.29, 0.717) is 5.88 Å². The summed E-state index contributed by atoms with van der Waals surface area (Å²) in [6, 6.07) is 6.19. The van der Waals surface area contributed by atoms with Gasteiger partial charge in [-0.2, -0.15) is 0 Å². The van der Waals surface area contributed by atoms with Gasteiger partial charge in [-0.1, -0.05) is 31.0 Å². The lowest BCUT2D eigenvalue weighted by Gasteiger charge is -2.38. The zero-order chi connectivity index (χ0) is 14.0. The molecule has 1 aliphatic carbocycles. The molecule has 1 aromatic carbocycles. The number of halogens is 1. The molecule has 2 fully saturated rings. The van der Waals surface area contributed by atoms with Crippen molar-refractivity contribution in [2.75, 3.05) is 6.61 Å². The van der Waals surface area contributed by atoms with Gasteiger partial charge in [-0.05, 0) is 25.3 Å². The summed E-state index contributed by atoms with van der Waals surface area (Å²) >= 11 is 6.04. The van der Waals surface area contributed by atoms with Gasteiger partial charge >= 0.3 is 0 Å². The lowest BCUT2D eigenvalue weighted by Crippen LogP contribution is -2.41. The Kier molecular flexibility index (Phi) is 4.23. The highest BCUT2D eigenvalue weighted by molar-refractivity contribution is 6.17. The van der Waals surface area contributed by atoms with Crippen LogP contribution in [0.25, 0.3) is 0 Å². The summed E-state index contributed by atoms with van der Waals surface area (Å²) in [4.78, 5) is 0. The van der Waals surface area contributed by atoms with E-state index in [1.807, 2.05) is 6.07 Å². The number of ether oxygens (including phenoxy) is 2. The highest BCUT2D eigenvalue weighted by atomic mass is 35.5. The van der Waals surface area contributed by atoms with Gasteiger partial charge in [0.1, 0.15) is 11.9 Å². The van der Waals surface area contributed by atoms with Crippen molar-refractivity contribution in [3.8, 4) is 5.75 Å². The maximum atomic E-state index is 6.33. The van der Waals surface area contributed by atoms with Crippen LogP contribution in [0.2, 0.25) is 0 Å². The number of aryl methyl sites for hydroxylation is 1. The first-order chi connectivity index (χ1) is 9.72. The van der Waals surface area contributed by atoms with Crippen molar-refractivity contribution >= 4 is 11.6 Å². The van der Waals surface area contributed by atoms with Crippen LogP contribution in [0.3, 0.4) is 0 Å². The van der Waals surface area contributed by atoms with Crippen LogP contribution in [0.15, 0.2) is 18.2 Å². The van der Waals surface area contributed by atoms with E-state index in [1.54, 1.807) is 0 Å². The van der Waals surface area contributed by atoms with E-state index in [4.69, 9.17) is 21.1 Å². The van der Waals surface area contributed by atoms with Gasteiger partial charge in [0, 0.05) is 18.4 Å². The minimum absolute atomic E-state index is 0.104. The third kappa shape index (κ3) is 2.82. The fraction of sp³-hybridized carbons (Fsp3) is 0.647.